The molecule has 5 heteroatoms. The lowest BCUT2D eigenvalue weighted by Crippen LogP contribution is -2.39. The summed E-state index contributed by atoms with van der Waals surface area (Å²) in [6.07, 6.45) is 0.0544. The van der Waals surface area contributed by atoms with E-state index in [1.807, 2.05) is 0 Å². The Morgan fingerprint density at radius 1 is 1.41 bits per heavy atom. The van der Waals surface area contributed by atoms with Crippen LogP contribution in [0.1, 0.15) is 33.6 Å². The molecule has 0 radical (unpaired) electrons. The van der Waals surface area contributed by atoms with Gasteiger partial charge in [0.2, 0.25) is 0 Å². The fraction of sp³-hybridized carbons (Fsp3) is 0.917. The molecule has 0 saturated heterocycles. The van der Waals surface area contributed by atoms with E-state index in [1.54, 1.807) is 6.92 Å². The lowest BCUT2D eigenvalue weighted by Gasteiger charge is -2.20. The molecule has 0 saturated carbocycles. The van der Waals surface area contributed by atoms with Crippen molar-refractivity contribution >= 4 is 5.97 Å². The summed E-state index contributed by atoms with van der Waals surface area (Å²) in [4.78, 5) is 11.1. The molecule has 2 atom stereocenters. The number of ether oxygens (including phenoxy) is 1. The maximum atomic E-state index is 11.1. The molecule has 0 rings (SSSR count). The molecule has 0 heterocycles. The van der Waals surface area contributed by atoms with Crippen molar-refractivity contribution in [3.05, 3.63) is 0 Å². The molecule has 0 bridgehead atoms. The summed E-state index contributed by atoms with van der Waals surface area (Å²) < 4.78 is 4.73. The molecule has 102 valence electrons. The van der Waals surface area contributed by atoms with Gasteiger partial charge in [-0.3, -0.25) is 4.79 Å². The van der Waals surface area contributed by atoms with Crippen molar-refractivity contribution in [3.63, 3.8) is 0 Å². The van der Waals surface area contributed by atoms with Crippen LogP contribution in [0.3, 0.4) is 0 Å². The number of aliphatic hydroxyl groups is 2. The van der Waals surface area contributed by atoms with E-state index in [9.17, 15) is 9.90 Å². The van der Waals surface area contributed by atoms with Gasteiger partial charge >= 0.3 is 5.97 Å². The van der Waals surface area contributed by atoms with Gasteiger partial charge in [-0.15, -0.1) is 0 Å². The van der Waals surface area contributed by atoms with Crippen LogP contribution in [-0.2, 0) is 9.53 Å². The number of carbonyl (C=O) groups excluding carboxylic acids is 1. The molecule has 0 fully saturated rings. The Morgan fingerprint density at radius 2 is 2.06 bits per heavy atom. The van der Waals surface area contributed by atoms with Crippen LogP contribution in [0.25, 0.3) is 0 Å². The van der Waals surface area contributed by atoms with Gasteiger partial charge in [-0.2, -0.15) is 0 Å². The average molecular weight is 247 g/mol. The minimum atomic E-state index is -0.768. The quantitative estimate of drug-likeness (QED) is 0.511. The van der Waals surface area contributed by atoms with E-state index in [1.165, 1.54) is 0 Å². The Balaban J connectivity index is 3.80. The van der Waals surface area contributed by atoms with E-state index in [0.717, 1.165) is 6.42 Å². The largest absolute Gasteiger partial charge is 0.466 e. The Bertz CT molecular complexity index is 209. The lowest BCUT2D eigenvalue weighted by molar-refractivity contribution is -0.145. The van der Waals surface area contributed by atoms with Crippen LogP contribution in [0.4, 0.5) is 0 Å². The highest BCUT2D eigenvalue weighted by Crippen LogP contribution is 2.04. The topological polar surface area (TPSA) is 78.8 Å². The Hall–Kier alpha value is -0.650. The van der Waals surface area contributed by atoms with Gasteiger partial charge in [0.15, 0.2) is 0 Å². The molecule has 0 aromatic heterocycles. The van der Waals surface area contributed by atoms with E-state index < -0.39 is 12.1 Å². The van der Waals surface area contributed by atoms with Crippen LogP contribution in [0.15, 0.2) is 0 Å². The first-order valence-electron chi connectivity index (χ1n) is 6.17. The number of hydrogen-bond donors (Lipinski definition) is 3. The zero-order valence-corrected chi connectivity index (χ0v) is 11.0. The van der Waals surface area contributed by atoms with Crippen molar-refractivity contribution < 1.29 is 19.7 Å². The van der Waals surface area contributed by atoms with Gasteiger partial charge in [-0.1, -0.05) is 13.8 Å². The van der Waals surface area contributed by atoms with Crippen molar-refractivity contribution in [3.8, 4) is 0 Å². The van der Waals surface area contributed by atoms with Crippen molar-refractivity contribution in [2.45, 2.75) is 45.8 Å². The molecule has 0 aromatic carbocycles. The first kappa shape index (κ1) is 16.4. The first-order valence-corrected chi connectivity index (χ1v) is 6.17. The highest BCUT2D eigenvalue weighted by atomic mass is 16.5. The van der Waals surface area contributed by atoms with Crippen LogP contribution in [-0.4, -0.2) is 48.1 Å². The Kier molecular flexibility index (Phi) is 9.03. The predicted molar refractivity (Wildman–Crippen MR) is 65.6 cm³/mol. The first-order chi connectivity index (χ1) is 7.99. The highest BCUT2D eigenvalue weighted by Gasteiger charge is 2.14. The number of aliphatic hydroxyl groups excluding tert-OH is 2. The molecule has 0 aliphatic rings. The molecule has 0 amide bonds. The van der Waals surface area contributed by atoms with Gasteiger partial charge in [-0.05, 0) is 19.3 Å². The molecule has 0 aliphatic heterocycles. The van der Waals surface area contributed by atoms with E-state index in [4.69, 9.17) is 9.84 Å². The third-order valence-corrected chi connectivity index (χ3v) is 2.33. The molecular weight excluding hydrogens is 222 g/mol. The fourth-order valence-electron chi connectivity index (χ4n) is 1.58. The second-order valence-corrected chi connectivity index (χ2v) is 4.58. The summed E-state index contributed by atoms with van der Waals surface area (Å²) >= 11 is 0. The maximum Gasteiger partial charge on any atom is 0.308 e. The second-order valence-electron chi connectivity index (χ2n) is 4.58. The van der Waals surface area contributed by atoms with Gasteiger partial charge in [0, 0.05) is 12.6 Å². The molecule has 2 unspecified atom stereocenters. The second kappa shape index (κ2) is 9.39. The summed E-state index contributed by atoms with van der Waals surface area (Å²) in [6, 6.07) is -0.0353. The number of nitrogens with one attached hydrogen (secondary N) is 1. The number of esters is 1. The third kappa shape index (κ3) is 9.09. The third-order valence-electron chi connectivity index (χ3n) is 2.33. The smallest absolute Gasteiger partial charge is 0.308 e. The molecule has 0 spiro atoms. The molecule has 3 N–H and O–H groups in total. The summed E-state index contributed by atoms with van der Waals surface area (Å²) in [6.45, 7) is 6.51. The minimum Gasteiger partial charge on any atom is -0.466 e. The Morgan fingerprint density at radius 3 is 2.53 bits per heavy atom. The van der Waals surface area contributed by atoms with E-state index in [0.29, 0.717) is 12.5 Å². The summed E-state index contributed by atoms with van der Waals surface area (Å²) in [7, 11) is 0. The molecule has 17 heavy (non-hydrogen) atoms. The fourth-order valence-corrected chi connectivity index (χ4v) is 1.58. The van der Waals surface area contributed by atoms with E-state index in [2.05, 4.69) is 19.2 Å². The van der Waals surface area contributed by atoms with Crippen molar-refractivity contribution in [2.75, 3.05) is 19.8 Å². The van der Waals surface area contributed by atoms with Gasteiger partial charge in [0.25, 0.3) is 0 Å². The van der Waals surface area contributed by atoms with Crippen LogP contribution in [0, 0.1) is 5.92 Å². The number of carbonyl (C=O) groups is 1. The van der Waals surface area contributed by atoms with Gasteiger partial charge in [0.05, 0.1) is 25.7 Å². The normalized spacial score (nSPS) is 14.7. The predicted octanol–water partition coefficient (Wildman–Crippen LogP) is 0.297. The lowest BCUT2D eigenvalue weighted by atomic mass is 10.0. The summed E-state index contributed by atoms with van der Waals surface area (Å²) in [5, 5.41) is 21.7. The molecular formula is C12H25NO4. The van der Waals surface area contributed by atoms with Crippen LogP contribution in [0.5, 0.6) is 0 Å². The van der Waals surface area contributed by atoms with Crippen molar-refractivity contribution in [2.24, 2.45) is 5.92 Å². The number of hydrogen-bond acceptors (Lipinski definition) is 5. The Labute approximate surface area is 103 Å². The van der Waals surface area contributed by atoms with Crippen LogP contribution >= 0.6 is 0 Å². The highest BCUT2D eigenvalue weighted by molar-refractivity contribution is 5.69. The van der Waals surface area contributed by atoms with Gasteiger partial charge < -0.3 is 20.3 Å². The maximum absolute atomic E-state index is 11.1. The average Bonchev–Trinajstić information content (AvgIpc) is 2.23. The zero-order chi connectivity index (χ0) is 13.3. The summed E-state index contributed by atoms with van der Waals surface area (Å²) in [5.41, 5.74) is 0. The standard InChI is InChI=1S/C12H25NO4/c1-4-17-12(16)6-11(15)7-13-10(8-14)5-9(2)3/h9-11,13-15H,4-8H2,1-3H3. The molecule has 5 nitrogen and oxygen atoms in total. The monoisotopic (exact) mass is 247 g/mol. The SMILES string of the molecule is CCOC(=O)CC(O)CNC(CO)CC(C)C. The van der Waals surface area contributed by atoms with E-state index >= 15 is 0 Å². The summed E-state index contributed by atoms with van der Waals surface area (Å²) in [5.74, 6) is 0.0769. The van der Waals surface area contributed by atoms with Gasteiger partial charge in [-0.25, -0.2) is 0 Å². The zero-order valence-electron chi connectivity index (χ0n) is 11.0. The van der Waals surface area contributed by atoms with Crippen LogP contribution in [0.2, 0.25) is 0 Å². The minimum absolute atomic E-state index is 0.0132. The molecule has 0 aliphatic carbocycles. The molecule has 0 aromatic rings. The van der Waals surface area contributed by atoms with Crippen molar-refractivity contribution in [1.82, 2.24) is 5.32 Å². The van der Waals surface area contributed by atoms with E-state index in [-0.39, 0.29) is 25.6 Å². The van der Waals surface area contributed by atoms with Crippen LogP contribution < -0.4 is 5.32 Å². The van der Waals surface area contributed by atoms with Crippen molar-refractivity contribution in [1.29, 1.82) is 0 Å². The van der Waals surface area contributed by atoms with Gasteiger partial charge in [0.1, 0.15) is 0 Å². The number of rotatable bonds is 9.